The standard InChI is InChI=1S/C28H29F3N4OS2/c1-5-27(3,4)18-10-11-19-20(14-32)25(38-22(19)12-18)35-24(36)15-37-26-33-21(13-23(34-26)28(29,30)31)17-8-6-16(2)7-9-17/h6-9,13,18H,5,10-12,15H2,1-4H3,(H,35,36)/t18-/m0/s1. The first-order valence-electron chi connectivity index (χ1n) is 12.4. The van der Waals surface area contributed by atoms with Crippen LogP contribution in [-0.4, -0.2) is 21.6 Å². The minimum absolute atomic E-state index is 0.137. The van der Waals surface area contributed by atoms with Crippen LogP contribution in [0.2, 0.25) is 0 Å². The van der Waals surface area contributed by atoms with Gasteiger partial charge in [0, 0.05) is 10.4 Å². The molecular formula is C28H29F3N4OS2. The summed E-state index contributed by atoms with van der Waals surface area (Å²) in [5.41, 5.74) is 2.27. The van der Waals surface area contributed by atoms with Crippen LogP contribution in [0.25, 0.3) is 11.3 Å². The van der Waals surface area contributed by atoms with Crippen LogP contribution in [0, 0.1) is 29.6 Å². The lowest BCUT2D eigenvalue weighted by atomic mass is 9.69. The van der Waals surface area contributed by atoms with Crippen molar-refractivity contribution in [2.24, 2.45) is 11.3 Å². The molecule has 1 N–H and O–H groups in total. The van der Waals surface area contributed by atoms with Crippen LogP contribution in [0.15, 0.2) is 35.5 Å². The van der Waals surface area contributed by atoms with Crippen molar-refractivity contribution in [3.8, 4) is 17.3 Å². The van der Waals surface area contributed by atoms with E-state index in [1.807, 2.05) is 6.92 Å². The van der Waals surface area contributed by atoms with Gasteiger partial charge in [0.15, 0.2) is 5.16 Å². The number of nitrogens with zero attached hydrogens (tertiary/aromatic N) is 3. The minimum atomic E-state index is -4.65. The van der Waals surface area contributed by atoms with E-state index < -0.39 is 17.8 Å². The highest BCUT2D eigenvalue weighted by atomic mass is 32.2. The van der Waals surface area contributed by atoms with Crippen LogP contribution < -0.4 is 5.32 Å². The molecule has 1 aromatic carbocycles. The number of thiophene rings is 1. The summed E-state index contributed by atoms with van der Waals surface area (Å²) in [4.78, 5) is 21.9. The van der Waals surface area contributed by atoms with Gasteiger partial charge in [0.2, 0.25) is 5.91 Å². The molecule has 10 heteroatoms. The van der Waals surface area contributed by atoms with E-state index in [0.717, 1.165) is 59.5 Å². The number of nitrogens with one attached hydrogen (secondary N) is 1. The molecule has 0 bridgehead atoms. The number of hydrogen-bond donors (Lipinski definition) is 1. The molecule has 0 radical (unpaired) electrons. The summed E-state index contributed by atoms with van der Waals surface area (Å²) in [6.07, 6.45) is -0.915. The van der Waals surface area contributed by atoms with E-state index >= 15 is 0 Å². The van der Waals surface area contributed by atoms with Crippen molar-refractivity contribution in [3.05, 3.63) is 57.6 Å². The minimum Gasteiger partial charge on any atom is -0.316 e. The molecule has 2 aromatic heterocycles. The third kappa shape index (κ3) is 6.21. The Kier molecular flexibility index (Phi) is 8.19. The van der Waals surface area contributed by atoms with E-state index in [4.69, 9.17) is 0 Å². The third-order valence-electron chi connectivity index (χ3n) is 7.32. The monoisotopic (exact) mass is 558 g/mol. The first kappa shape index (κ1) is 28.1. The zero-order valence-corrected chi connectivity index (χ0v) is 23.3. The summed E-state index contributed by atoms with van der Waals surface area (Å²) in [7, 11) is 0. The molecule has 4 rings (SSSR count). The summed E-state index contributed by atoms with van der Waals surface area (Å²) in [5.74, 6) is -0.105. The lowest BCUT2D eigenvalue weighted by Crippen LogP contribution is -2.28. The average molecular weight is 559 g/mol. The van der Waals surface area contributed by atoms with Crippen molar-refractivity contribution in [2.45, 2.75) is 64.7 Å². The van der Waals surface area contributed by atoms with Gasteiger partial charge in [-0.1, -0.05) is 68.8 Å². The zero-order chi connectivity index (χ0) is 27.7. The Morgan fingerprint density at radius 3 is 2.58 bits per heavy atom. The number of carbonyl (C=O) groups is 1. The van der Waals surface area contributed by atoms with Gasteiger partial charge < -0.3 is 5.32 Å². The molecule has 1 amide bonds. The SMILES string of the molecule is CCC(C)(C)[C@H]1CCc2c(sc(NC(=O)CSc3nc(-c4ccc(C)cc4)cc(C(F)(F)F)n3)c2C#N)C1. The van der Waals surface area contributed by atoms with Gasteiger partial charge in [-0.05, 0) is 49.1 Å². The molecule has 0 fully saturated rings. The van der Waals surface area contributed by atoms with Crippen molar-refractivity contribution in [2.75, 3.05) is 11.1 Å². The van der Waals surface area contributed by atoms with Crippen molar-refractivity contribution >= 4 is 34.0 Å². The Morgan fingerprint density at radius 1 is 1.24 bits per heavy atom. The number of alkyl halides is 3. The van der Waals surface area contributed by atoms with E-state index in [1.165, 1.54) is 11.3 Å². The topological polar surface area (TPSA) is 78.7 Å². The van der Waals surface area contributed by atoms with E-state index in [1.54, 1.807) is 24.3 Å². The molecule has 1 aliphatic rings. The number of anilines is 1. The number of halogens is 3. The molecule has 0 aliphatic heterocycles. The number of aryl methyl sites for hydroxylation is 1. The molecule has 0 saturated heterocycles. The lowest BCUT2D eigenvalue weighted by molar-refractivity contribution is -0.141. The van der Waals surface area contributed by atoms with Crippen LogP contribution in [0.1, 0.15) is 60.9 Å². The number of aromatic nitrogens is 2. The fourth-order valence-electron chi connectivity index (χ4n) is 4.55. The quantitative estimate of drug-likeness (QED) is 0.238. The molecule has 1 atom stereocenters. The number of benzene rings is 1. The van der Waals surface area contributed by atoms with Gasteiger partial charge in [0.25, 0.3) is 0 Å². The van der Waals surface area contributed by atoms with Gasteiger partial charge in [-0.25, -0.2) is 9.97 Å². The highest BCUT2D eigenvalue weighted by molar-refractivity contribution is 7.99. The summed E-state index contributed by atoms with van der Waals surface area (Å²) in [6.45, 7) is 8.60. The van der Waals surface area contributed by atoms with Crippen molar-refractivity contribution in [1.29, 1.82) is 5.26 Å². The van der Waals surface area contributed by atoms with E-state index in [0.29, 0.717) is 22.0 Å². The molecule has 0 spiro atoms. The fourth-order valence-corrected chi connectivity index (χ4v) is 6.50. The van der Waals surface area contributed by atoms with E-state index in [-0.39, 0.29) is 22.0 Å². The maximum absolute atomic E-state index is 13.5. The van der Waals surface area contributed by atoms with Crippen molar-refractivity contribution < 1.29 is 18.0 Å². The Hall–Kier alpha value is -2.90. The van der Waals surface area contributed by atoms with E-state index in [9.17, 15) is 23.2 Å². The summed E-state index contributed by atoms with van der Waals surface area (Å²) >= 11 is 2.26. The van der Waals surface area contributed by atoms with Gasteiger partial charge in [-0.2, -0.15) is 18.4 Å². The largest absolute Gasteiger partial charge is 0.433 e. The van der Waals surface area contributed by atoms with Crippen molar-refractivity contribution in [3.63, 3.8) is 0 Å². The number of carbonyl (C=O) groups excluding carboxylic acids is 1. The fraction of sp³-hybridized carbons (Fsp3) is 0.429. The molecule has 3 aromatic rings. The van der Waals surface area contributed by atoms with Gasteiger partial charge in [-0.15, -0.1) is 11.3 Å². The highest BCUT2D eigenvalue weighted by Crippen LogP contribution is 2.45. The lowest BCUT2D eigenvalue weighted by Gasteiger charge is -2.36. The van der Waals surface area contributed by atoms with Gasteiger partial charge >= 0.3 is 6.18 Å². The molecule has 200 valence electrons. The highest BCUT2D eigenvalue weighted by Gasteiger charge is 2.35. The summed E-state index contributed by atoms with van der Waals surface area (Å²) < 4.78 is 40.6. The Bertz CT molecular complexity index is 1370. The number of hydrogen-bond acceptors (Lipinski definition) is 6. The molecule has 1 aliphatic carbocycles. The first-order chi connectivity index (χ1) is 17.9. The predicted octanol–water partition coefficient (Wildman–Crippen LogP) is 7.68. The van der Waals surface area contributed by atoms with Crippen molar-refractivity contribution in [1.82, 2.24) is 9.97 Å². The second-order valence-corrected chi connectivity index (χ2v) is 12.3. The normalized spacial score (nSPS) is 15.6. The number of fused-ring (bicyclic) bond motifs is 1. The maximum Gasteiger partial charge on any atom is 0.433 e. The van der Waals surface area contributed by atoms with Crippen LogP contribution in [0.4, 0.5) is 18.2 Å². The molecule has 38 heavy (non-hydrogen) atoms. The number of thioether (sulfide) groups is 1. The second-order valence-electron chi connectivity index (χ2n) is 10.2. The molecule has 0 unspecified atom stereocenters. The van der Waals surface area contributed by atoms with Crippen LogP contribution in [0.3, 0.4) is 0 Å². The average Bonchev–Trinajstić information content (AvgIpc) is 3.23. The summed E-state index contributed by atoms with van der Waals surface area (Å²) in [5, 5.41) is 13.0. The predicted molar refractivity (Wildman–Crippen MR) is 145 cm³/mol. The van der Waals surface area contributed by atoms with E-state index in [2.05, 4.69) is 42.1 Å². The van der Waals surface area contributed by atoms with Gasteiger partial charge in [-0.3, -0.25) is 4.79 Å². The zero-order valence-electron chi connectivity index (χ0n) is 21.7. The molecular weight excluding hydrogens is 529 g/mol. The second kappa shape index (κ2) is 11.1. The molecule has 5 nitrogen and oxygen atoms in total. The number of amides is 1. The number of rotatable bonds is 7. The smallest absolute Gasteiger partial charge is 0.316 e. The van der Waals surface area contributed by atoms with Crippen LogP contribution in [0.5, 0.6) is 0 Å². The van der Waals surface area contributed by atoms with Crippen LogP contribution >= 0.6 is 23.1 Å². The Balaban J connectivity index is 1.50. The van der Waals surface area contributed by atoms with Gasteiger partial charge in [0.1, 0.15) is 16.8 Å². The Labute approximate surface area is 228 Å². The molecule has 2 heterocycles. The number of nitriles is 1. The first-order valence-corrected chi connectivity index (χ1v) is 14.2. The maximum atomic E-state index is 13.5. The summed E-state index contributed by atoms with van der Waals surface area (Å²) in [6, 6.07) is 10.2. The van der Waals surface area contributed by atoms with Crippen LogP contribution in [-0.2, 0) is 23.8 Å². The Morgan fingerprint density at radius 2 is 1.95 bits per heavy atom. The molecule has 0 saturated carbocycles. The van der Waals surface area contributed by atoms with Gasteiger partial charge in [0.05, 0.1) is 17.0 Å². The third-order valence-corrected chi connectivity index (χ3v) is 9.34.